The fourth-order valence-electron chi connectivity index (χ4n) is 1.87. The van der Waals surface area contributed by atoms with Gasteiger partial charge in [0.1, 0.15) is 5.75 Å². The van der Waals surface area contributed by atoms with Crippen LogP contribution >= 0.6 is 15.9 Å². The molecule has 116 valence electrons. The lowest BCUT2D eigenvalue weighted by Gasteiger charge is -2.22. The molecule has 0 bridgehead atoms. The van der Waals surface area contributed by atoms with Crippen molar-refractivity contribution in [2.75, 3.05) is 4.90 Å². The molecular weight excluding hydrogens is 365 g/mol. The van der Waals surface area contributed by atoms with E-state index in [1.807, 2.05) is 0 Å². The van der Waals surface area contributed by atoms with Gasteiger partial charge in [0.05, 0.1) is 16.9 Å². The van der Waals surface area contributed by atoms with Gasteiger partial charge in [0.15, 0.2) is 0 Å². The largest absolute Gasteiger partial charge is 0.508 e. The number of halogens is 4. The number of benzene rings is 2. The van der Waals surface area contributed by atoms with Gasteiger partial charge in [0, 0.05) is 4.47 Å². The van der Waals surface area contributed by atoms with Gasteiger partial charge < -0.3 is 10.8 Å². The number of amides is 2. The number of hydrogen-bond acceptors (Lipinski definition) is 2. The average Bonchev–Trinajstić information content (AvgIpc) is 2.41. The van der Waals surface area contributed by atoms with Gasteiger partial charge in [-0.15, -0.1) is 0 Å². The van der Waals surface area contributed by atoms with Gasteiger partial charge in [-0.05, 0) is 42.5 Å². The molecule has 0 saturated carbocycles. The topological polar surface area (TPSA) is 66.6 Å². The van der Waals surface area contributed by atoms with Crippen molar-refractivity contribution in [2.45, 2.75) is 6.18 Å². The van der Waals surface area contributed by atoms with E-state index >= 15 is 0 Å². The maximum atomic E-state index is 13.0. The Morgan fingerprint density at radius 2 is 1.64 bits per heavy atom. The van der Waals surface area contributed by atoms with Crippen LogP contribution in [0.15, 0.2) is 46.9 Å². The van der Waals surface area contributed by atoms with Crippen molar-refractivity contribution in [3.05, 3.63) is 52.5 Å². The highest BCUT2D eigenvalue weighted by Gasteiger charge is 2.34. The van der Waals surface area contributed by atoms with Crippen LogP contribution in [0.5, 0.6) is 5.75 Å². The summed E-state index contributed by atoms with van der Waals surface area (Å²) in [7, 11) is 0. The van der Waals surface area contributed by atoms with Crippen molar-refractivity contribution in [2.24, 2.45) is 5.73 Å². The van der Waals surface area contributed by atoms with E-state index in [1.165, 1.54) is 36.4 Å². The SMILES string of the molecule is NC(=O)N(c1ccc(O)cc1)c1ccc(Br)c(C(F)(F)F)c1. The monoisotopic (exact) mass is 374 g/mol. The number of nitrogens with two attached hydrogens (primary N) is 1. The van der Waals surface area contributed by atoms with Crippen LogP contribution in [0.2, 0.25) is 0 Å². The van der Waals surface area contributed by atoms with Crippen molar-refractivity contribution in [1.29, 1.82) is 0 Å². The molecule has 0 aliphatic carbocycles. The second-order valence-electron chi connectivity index (χ2n) is 4.35. The Hall–Kier alpha value is -2.22. The lowest BCUT2D eigenvalue weighted by molar-refractivity contribution is -0.138. The fourth-order valence-corrected chi connectivity index (χ4v) is 2.35. The Labute approximate surface area is 132 Å². The zero-order chi connectivity index (χ0) is 16.5. The molecule has 0 unspecified atom stereocenters. The van der Waals surface area contributed by atoms with Gasteiger partial charge in [-0.1, -0.05) is 15.9 Å². The van der Waals surface area contributed by atoms with Gasteiger partial charge in [0.2, 0.25) is 0 Å². The van der Waals surface area contributed by atoms with Crippen LogP contribution in [0.1, 0.15) is 5.56 Å². The summed E-state index contributed by atoms with van der Waals surface area (Å²) < 4.78 is 38.7. The molecule has 22 heavy (non-hydrogen) atoms. The van der Waals surface area contributed by atoms with E-state index < -0.39 is 17.8 Å². The minimum absolute atomic E-state index is 0.0336. The molecule has 0 fully saturated rings. The lowest BCUT2D eigenvalue weighted by Crippen LogP contribution is -2.31. The van der Waals surface area contributed by atoms with Crippen LogP contribution in [-0.4, -0.2) is 11.1 Å². The Morgan fingerprint density at radius 1 is 1.09 bits per heavy atom. The normalized spacial score (nSPS) is 11.3. The number of alkyl halides is 3. The second kappa shape index (κ2) is 5.88. The lowest BCUT2D eigenvalue weighted by atomic mass is 10.1. The van der Waals surface area contributed by atoms with Crippen LogP contribution < -0.4 is 10.6 Å². The summed E-state index contributed by atoms with van der Waals surface area (Å²) in [4.78, 5) is 12.5. The quantitative estimate of drug-likeness (QED) is 0.818. The Balaban J connectivity index is 2.55. The first kappa shape index (κ1) is 16.2. The summed E-state index contributed by atoms with van der Waals surface area (Å²) in [5.74, 6) is -0.0417. The highest BCUT2D eigenvalue weighted by Crippen LogP contribution is 2.38. The van der Waals surface area contributed by atoms with Gasteiger partial charge in [0.25, 0.3) is 0 Å². The van der Waals surface area contributed by atoms with E-state index in [0.29, 0.717) is 0 Å². The summed E-state index contributed by atoms with van der Waals surface area (Å²) in [6, 6.07) is 7.74. The predicted octanol–water partition coefficient (Wildman–Crippen LogP) is 4.39. The first-order valence-electron chi connectivity index (χ1n) is 5.95. The predicted molar refractivity (Wildman–Crippen MR) is 79.0 cm³/mol. The van der Waals surface area contributed by atoms with Crippen molar-refractivity contribution < 1.29 is 23.1 Å². The Bertz CT molecular complexity index is 702. The molecule has 8 heteroatoms. The number of primary amides is 1. The van der Waals surface area contributed by atoms with Crippen LogP contribution in [0.4, 0.5) is 29.3 Å². The van der Waals surface area contributed by atoms with Gasteiger partial charge in [-0.25, -0.2) is 4.79 Å². The molecule has 2 rings (SSSR count). The Morgan fingerprint density at radius 3 is 2.14 bits per heavy atom. The number of aromatic hydroxyl groups is 1. The Kier molecular flexibility index (Phi) is 4.32. The molecule has 2 aromatic rings. The van der Waals surface area contributed by atoms with Crippen molar-refractivity contribution in [3.63, 3.8) is 0 Å². The number of nitrogens with zero attached hydrogens (tertiary/aromatic N) is 1. The fraction of sp³-hybridized carbons (Fsp3) is 0.0714. The molecule has 0 heterocycles. The standard InChI is InChI=1S/C14H10BrF3N2O2/c15-12-6-3-9(7-11(12)14(16,17)18)20(13(19)22)8-1-4-10(21)5-2-8/h1-7,21H,(H2,19,22). The van der Waals surface area contributed by atoms with E-state index in [1.54, 1.807) is 0 Å². The molecule has 2 aromatic carbocycles. The number of urea groups is 1. The number of anilines is 2. The maximum absolute atomic E-state index is 13.0. The number of carbonyl (C=O) groups excluding carboxylic acids is 1. The zero-order valence-electron chi connectivity index (χ0n) is 10.9. The molecule has 0 aromatic heterocycles. The van der Waals surface area contributed by atoms with Gasteiger partial charge >= 0.3 is 12.2 Å². The van der Waals surface area contributed by atoms with Crippen LogP contribution in [0, 0.1) is 0 Å². The van der Waals surface area contributed by atoms with E-state index in [4.69, 9.17) is 5.73 Å². The molecule has 0 radical (unpaired) electrons. The average molecular weight is 375 g/mol. The van der Waals surface area contributed by atoms with Crippen molar-refractivity contribution >= 4 is 33.3 Å². The van der Waals surface area contributed by atoms with Gasteiger partial charge in [-0.3, -0.25) is 4.90 Å². The number of phenols is 1. The smallest absolute Gasteiger partial charge is 0.417 e. The molecular formula is C14H10BrF3N2O2. The van der Waals surface area contributed by atoms with Crippen LogP contribution in [-0.2, 0) is 6.18 Å². The molecule has 0 saturated heterocycles. The van der Waals surface area contributed by atoms with Crippen LogP contribution in [0.25, 0.3) is 0 Å². The zero-order valence-corrected chi connectivity index (χ0v) is 12.5. The summed E-state index contributed by atoms with van der Waals surface area (Å²) in [5.41, 5.74) is 4.55. The van der Waals surface area contributed by atoms with Gasteiger partial charge in [-0.2, -0.15) is 13.2 Å². The third-order valence-electron chi connectivity index (χ3n) is 2.84. The van der Waals surface area contributed by atoms with E-state index in [9.17, 15) is 23.1 Å². The highest BCUT2D eigenvalue weighted by molar-refractivity contribution is 9.10. The molecule has 0 aliphatic heterocycles. The van der Waals surface area contributed by atoms with Crippen molar-refractivity contribution in [3.8, 4) is 5.75 Å². The first-order valence-corrected chi connectivity index (χ1v) is 6.75. The minimum atomic E-state index is -4.58. The number of phenolic OH excluding ortho intramolecular Hbond substituents is 1. The number of carbonyl (C=O) groups is 1. The van der Waals surface area contributed by atoms with E-state index in [-0.39, 0.29) is 21.6 Å². The van der Waals surface area contributed by atoms with E-state index in [0.717, 1.165) is 11.0 Å². The molecule has 0 aliphatic rings. The van der Waals surface area contributed by atoms with Crippen LogP contribution in [0.3, 0.4) is 0 Å². The molecule has 3 N–H and O–H groups in total. The van der Waals surface area contributed by atoms with Crippen molar-refractivity contribution in [1.82, 2.24) is 0 Å². The van der Waals surface area contributed by atoms with E-state index in [2.05, 4.69) is 15.9 Å². The third-order valence-corrected chi connectivity index (χ3v) is 3.53. The third kappa shape index (κ3) is 3.33. The molecule has 0 atom stereocenters. The second-order valence-corrected chi connectivity index (χ2v) is 5.21. The molecule has 2 amide bonds. The first-order chi connectivity index (χ1) is 10.2. The number of hydrogen-bond donors (Lipinski definition) is 2. The summed E-state index contributed by atoms with van der Waals surface area (Å²) in [6.07, 6.45) is -4.58. The molecule has 4 nitrogen and oxygen atoms in total. The summed E-state index contributed by atoms with van der Waals surface area (Å²) in [6.45, 7) is 0. The molecule has 0 spiro atoms. The minimum Gasteiger partial charge on any atom is -0.508 e. The number of rotatable bonds is 2. The summed E-state index contributed by atoms with van der Waals surface area (Å²) in [5, 5.41) is 9.25. The maximum Gasteiger partial charge on any atom is 0.417 e. The highest BCUT2D eigenvalue weighted by atomic mass is 79.9. The summed E-state index contributed by atoms with van der Waals surface area (Å²) >= 11 is 2.83.